The predicted octanol–water partition coefficient (Wildman–Crippen LogP) is 1.96. The molecule has 3 heterocycles. The fraction of sp³-hybridized carbons (Fsp3) is 0.190. The molecule has 0 saturated carbocycles. The second kappa shape index (κ2) is 7.43. The highest BCUT2D eigenvalue weighted by Crippen LogP contribution is 2.21. The van der Waals surface area contributed by atoms with Crippen LogP contribution in [-0.4, -0.2) is 60.2 Å². The number of aryl methyl sites for hydroxylation is 1. The summed E-state index contributed by atoms with van der Waals surface area (Å²) in [6.07, 6.45) is 3.24. The fourth-order valence-electron chi connectivity index (χ4n) is 3.24. The van der Waals surface area contributed by atoms with E-state index < -0.39 is 0 Å². The average molecular weight is 404 g/mol. The van der Waals surface area contributed by atoms with Gasteiger partial charge < -0.3 is 10.0 Å². The summed E-state index contributed by atoms with van der Waals surface area (Å²) in [7, 11) is 4.91. The molecule has 1 aromatic carbocycles. The first-order valence-electron chi connectivity index (χ1n) is 9.25. The van der Waals surface area contributed by atoms with E-state index in [4.69, 9.17) is 0 Å². The molecular formula is C21H20N6O3. The number of carbonyl (C=O) groups excluding carboxylic acids is 2. The Hall–Kier alpha value is -4.01. The van der Waals surface area contributed by atoms with Crippen LogP contribution in [0.25, 0.3) is 17.0 Å². The lowest BCUT2D eigenvalue weighted by molar-refractivity contribution is 0.0819. The van der Waals surface area contributed by atoms with E-state index in [1.165, 1.54) is 15.8 Å². The highest BCUT2D eigenvalue weighted by molar-refractivity contribution is 6.07. The van der Waals surface area contributed by atoms with E-state index in [9.17, 15) is 14.7 Å². The summed E-state index contributed by atoms with van der Waals surface area (Å²) >= 11 is 0. The Kier molecular flexibility index (Phi) is 4.78. The second-order valence-electron chi connectivity index (χ2n) is 7.15. The van der Waals surface area contributed by atoms with Crippen molar-refractivity contribution in [2.45, 2.75) is 6.42 Å². The Morgan fingerprint density at radius 2 is 1.97 bits per heavy atom. The first kappa shape index (κ1) is 19.3. The maximum atomic E-state index is 12.9. The zero-order chi connectivity index (χ0) is 21.4. The van der Waals surface area contributed by atoms with Crippen molar-refractivity contribution in [1.29, 1.82) is 0 Å². The van der Waals surface area contributed by atoms with Crippen LogP contribution in [0.15, 0.2) is 48.8 Å². The van der Waals surface area contributed by atoms with E-state index in [1.807, 2.05) is 6.07 Å². The van der Waals surface area contributed by atoms with E-state index in [1.54, 1.807) is 62.2 Å². The van der Waals surface area contributed by atoms with Crippen molar-refractivity contribution < 1.29 is 14.7 Å². The van der Waals surface area contributed by atoms with Gasteiger partial charge in [0, 0.05) is 39.3 Å². The number of pyridine rings is 1. The molecule has 0 saturated heterocycles. The van der Waals surface area contributed by atoms with Crippen LogP contribution >= 0.6 is 0 Å². The van der Waals surface area contributed by atoms with Crippen molar-refractivity contribution >= 4 is 17.3 Å². The third-order valence-electron chi connectivity index (χ3n) is 4.71. The molecular weight excluding hydrogens is 384 g/mol. The molecule has 9 nitrogen and oxygen atoms in total. The Morgan fingerprint density at radius 3 is 2.70 bits per heavy atom. The molecule has 0 aliphatic carbocycles. The lowest BCUT2D eigenvalue weighted by Crippen LogP contribution is -2.24. The van der Waals surface area contributed by atoms with E-state index >= 15 is 0 Å². The number of Topliss-reactive ketones (excluding diaryl/α,β-unsaturated/α-hetero) is 1. The standard InChI is InChI=1S/C21H20N6O3/c1-25(2)21(30)16-12-22-26(3)19(16)17(29)9-13-7-8-27-18(10-13)23-20(24-27)14-5-4-6-15(28)11-14/h4-8,10-12,28H,9H2,1-3H3. The molecule has 1 N–H and O–H groups in total. The quantitative estimate of drug-likeness (QED) is 0.510. The molecule has 4 aromatic rings. The minimum absolute atomic E-state index is 0.0953. The molecule has 152 valence electrons. The lowest BCUT2D eigenvalue weighted by atomic mass is 10.0. The molecule has 0 spiro atoms. The highest BCUT2D eigenvalue weighted by atomic mass is 16.3. The number of ketones is 1. The number of fused-ring (bicyclic) bond motifs is 1. The molecule has 0 aliphatic heterocycles. The van der Waals surface area contributed by atoms with Crippen molar-refractivity contribution in [3.05, 3.63) is 65.6 Å². The number of amides is 1. The van der Waals surface area contributed by atoms with Crippen molar-refractivity contribution in [3.63, 3.8) is 0 Å². The first-order valence-corrected chi connectivity index (χ1v) is 9.25. The van der Waals surface area contributed by atoms with Gasteiger partial charge in [-0.1, -0.05) is 12.1 Å². The van der Waals surface area contributed by atoms with E-state index in [0.29, 0.717) is 17.0 Å². The SMILES string of the molecule is CN(C)C(=O)c1cnn(C)c1C(=O)Cc1ccn2nc(-c3cccc(O)c3)nc2c1. The van der Waals surface area contributed by atoms with Crippen molar-refractivity contribution in [3.8, 4) is 17.1 Å². The van der Waals surface area contributed by atoms with Crippen LogP contribution in [0.1, 0.15) is 26.4 Å². The normalized spacial score (nSPS) is 11.0. The van der Waals surface area contributed by atoms with Crippen LogP contribution in [0.4, 0.5) is 0 Å². The van der Waals surface area contributed by atoms with Gasteiger partial charge in [0.25, 0.3) is 5.91 Å². The topological polar surface area (TPSA) is 106 Å². The molecule has 1 amide bonds. The zero-order valence-corrected chi connectivity index (χ0v) is 16.8. The number of hydrogen-bond donors (Lipinski definition) is 1. The van der Waals surface area contributed by atoms with Crippen LogP contribution in [0.5, 0.6) is 5.75 Å². The molecule has 9 heteroatoms. The van der Waals surface area contributed by atoms with Gasteiger partial charge in [-0.2, -0.15) is 5.10 Å². The van der Waals surface area contributed by atoms with Gasteiger partial charge in [-0.25, -0.2) is 9.50 Å². The van der Waals surface area contributed by atoms with Gasteiger partial charge in [-0.3, -0.25) is 14.3 Å². The highest BCUT2D eigenvalue weighted by Gasteiger charge is 2.23. The van der Waals surface area contributed by atoms with Gasteiger partial charge in [-0.15, -0.1) is 5.10 Å². The third-order valence-corrected chi connectivity index (χ3v) is 4.71. The molecule has 30 heavy (non-hydrogen) atoms. The molecule has 0 radical (unpaired) electrons. The van der Waals surface area contributed by atoms with Gasteiger partial charge in [0.05, 0.1) is 11.8 Å². The van der Waals surface area contributed by atoms with Crippen LogP contribution in [0, 0.1) is 0 Å². The van der Waals surface area contributed by atoms with Gasteiger partial charge in [0.1, 0.15) is 11.4 Å². The number of nitrogens with zero attached hydrogens (tertiary/aromatic N) is 6. The van der Waals surface area contributed by atoms with E-state index in [0.717, 1.165) is 5.56 Å². The van der Waals surface area contributed by atoms with Gasteiger partial charge in [0.2, 0.25) is 0 Å². The van der Waals surface area contributed by atoms with Gasteiger partial charge in [-0.05, 0) is 29.8 Å². The molecule has 3 aromatic heterocycles. The van der Waals surface area contributed by atoms with Crippen molar-refractivity contribution in [2.75, 3.05) is 14.1 Å². The monoisotopic (exact) mass is 404 g/mol. The maximum absolute atomic E-state index is 12.9. The summed E-state index contributed by atoms with van der Waals surface area (Å²) in [5, 5.41) is 18.2. The number of phenolic OH excluding ortho intramolecular Hbond substituents is 1. The molecule has 0 fully saturated rings. The third kappa shape index (κ3) is 3.52. The van der Waals surface area contributed by atoms with Crippen LogP contribution in [0.3, 0.4) is 0 Å². The lowest BCUT2D eigenvalue weighted by Gasteiger charge is -2.10. The Bertz CT molecular complexity index is 1270. The molecule has 0 aliphatic rings. The number of benzene rings is 1. The summed E-state index contributed by atoms with van der Waals surface area (Å²) in [6, 6.07) is 10.3. The summed E-state index contributed by atoms with van der Waals surface area (Å²) in [5.41, 5.74) is 2.57. The zero-order valence-electron chi connectivity index (χ0n) is 16.8. The number of rotatable bonds is 5. The molecule has 0 bridgehead atoms. The smallest absolute Gasteiger partial charge is 0.257 e. The minimum Gasteiger partial charge on any atom is -0.508 e. The summed E-state index contributed by atoms with van der Waals surface area (Å²) in [6.45, 7) is 0. The summed E-state index contributed by atoms with van der Waals surface area (Å²) < 4.78 is 3.03. The van der Waals surface area contributed by atoms with Crippen LogP contribution in [-0.2, 0) is 13.5 Å². The Labute approximate surface area is 172 Å². The Balaban J connectivity index is 1.63. The number of carbonyl (C=O) groups is 2. The van der Waals surface area contributed by atoms with E-state index in [2.05, 4.69) is 15.2 Å². The largest absolute Gasteiger partial charge is 0.508 e. The van der Waals surface area contributed by atoms with Crippen molar-refractivity contribution in [2.24, 2.45) is 7.05 Å². The molecule has 0 atom stereocenters. The molecule has 0 unspecified atom stereocenters. The number of aromatic hydroxyl groups is 1. The maximum Gasteiger partial charge on any atom is 0.257 e. The number of hydrogen-bond acceptors (Lipinski definition) is 6. The van der Waals surface area contributed by atoms with Crippen LogP contribution < -0.4 is 0 Å². The Morgan fingerprint density at radius 1 is 1.17 bits per heavy atom. The summed E-state index contributed by atoms with van der Waals surface area (Å²) in [4.78, 5) is 31.2. The average Bonchev–Trinajstić information content (AvgIpc) is 3.30. The minimum atomic E-state index is -0.268. The number of aromatic nitrogens is 5. The second-order valence-corrected chi connectivity index (χ2v) is 7.15. The fourth-order valence-corrected chi connectivity index (χ4v) is 3.24. The van der Waals surface area contributed by atoms with E-state index in [-0.39, 0.29) is 35.1 Å². The number of phenols is 1. The summed E-state index contributed by atoms with van der Waals surface area (Å²) in [5.74, 6) is 0.129. The first-order chi connectivity index (χ1) is 14.3. The van der Waals surface area contributed by atoms with Crippen molar-refractivity contribution in [1.82, 2.24) is 29.3 Å². The molecule has 4 rings (SSSR count). The van der Waals surface area contributed by atoms with Gasteiger partial charge >= 0.3 is 0 Å². The van der Waals surface area contributed by atoms with Crippen LogP contribution in [0.2, 0.25) is 0 Å². The predicted molar refractivity (Wildman–Crippen MR) is 109 cm³/mol. The van der Waals surface area contributed by atoms with Gasteiger partial charge in [0.15, 0.2) is 17.3 Å².